The van der Waals surface area contributed by atoms with Crippen molar-refractivity contribution in [2.45, 2.75) is 45.3 Å². The highest BCUT2D eigenvalue weighted by atomic mass is 35.5. The van der Waals surface area contributed by atoms with Crippen LogP contribution in [0.25, 0.3) is 0 Å². The smallest absolute Gasteiger partial charge is 0.410 e. The highest BCUT2D eigenvalue weighted by Gasteiger charge is 2.36. The second-order valence-electron chi connectivity index (χ2n) is 7.10. The Bertz CT molecular complexity index is 670. The quantitative estimate of drug-likeness (QED) is 0.839. The molecule has 8 heteroatoms. The second kappa shape index (κ2) is 8.40. The molecular weight excluding hydrogens is 358 g/mol. The number of carbonyl (C=O) groups is 3. The minimum Gasteiger partial charge on any atom is -0.444 e. The van der Waals surface area contributed by atoms with Crippen molar-refractivity contribution < 1.29 is 19.1 Å². The highest BCUT2D eigenvalue weighted by molar-refractivity contribution is 6.30. The van der Waals surface area contributed by atoms with Gasteiger partial charge in [0.05, 0.1) is 6.54 Å². The molecule has 0 saturated carbocycles. The van der Waals surface area contributed by atoms with Crippen LogP contribution in [-0.2, 0) is 14.3 Å². The maximum atomic E-state index is 12.4. The van der Waals surface area contributed by atoms with Crippen LogP contribution in [0, 0.1) is 0 Å². The van der Waals surface area contributed by atoms with Crippen molar-refractivity contribution in [1.29, 1.82) is 0 Å². The lowest BCUT2D eigenvalue weighted by Gasteiger charge is -2.28. The number of hydrogen-bond donors (Lipinski definition) is 2. The van der Waals surface area contributed by atoms with E-state index in [2.05, 4.69) is 10.6 Å². The molecule has 3 amide bonds. The van der Waals surface area contributed by atoms with Gasteiger partial charge in [-0.05, 0) is 57.9 Å². The molecule has 2 rings (SSSR count). The minimum absolute atomic E-state index is 0.180. The van der Waals surface area contributed by atoms with Gasteiger partial charge in [-0.3, -0.25) is 14.5 Å². The number of amides is 3. The van der Waals surface area contributed by atoms with Gasteiger partial charge in [0.25, 0.3) is 0 Å². The highest BCUT2D eigenvalue weighted by Crippen LogP contribution is 2.21. The van der Waals surface area contributed by atoms with Crippen molar-refractivity contribution >= 4 is 35.2 Å². The summed E-state index contributed by atoms with van der Waals surface area (Å²) in [6.45, 7) is 5.61. The number of hydrogen-bond acceptors (Lipinski definition) is 4. The van der Waals surface area contributed by atoms with Crippen molar-refractivity contribution in [2.24, 2.45) is 0 Å². The summed E-state index contributed by atoms with van der Waals surface area (Å²) >= 11 is 5.79. The van der Waals surface area contributed by atoms with Crippen LogP contribution in [0.3, 0.4) is 0 Å². The summed E-state index contributed by atoms with van der Waals surface area (Å²) in [5, 5.41) is 5.81. The van der Waals surface area contributed by atoms with Gasteiger partial charge in [0.1, 0.15) is 11.6 Å². The summed E-state index contributed by atoms with van der Waals surface area (Å²) in [6, 6.07) is 6.04. The molecule has 7 nitrogen and oxygen atoms in total. The second-order valence-corrected chi connectivity index (χ2v) is 7.54. The van der Waals surface area contributed by atoms with Gasteiger partial charge in [-0.15, -0.1) is 0 Å². The number of anilines is 1. The van der Waals surface area contributed by atoms with Crippen molar-refractivity contribution in [1.82, 2.24) is 10.2 Å². The Morgan fingerprint density at radius 3 is 2.50 bits per heavy atom. The third kappa shape index (κ3) is 5.91. The molecule has 0 aromatic heterocycles. The average Bonchev–Trinajstić information content (AvgIpc) is 3.03. The van der Waals surface area contributed by atoms with Crippen molar-refractivity contribution in [3.05, 3.63) is 29.3 Å². The van der Waals surface area contributed by atoms with Crippen molar-refractivity contribution in [2.75, 3.05) is 18.4 Å². The monoisotopic (exact) mass is 381 g/mol. The summed E-state index contributed by atoms with van der Waals surface area (Å²) in [4.78, 5) is 38.0. The fraction of sp³-hybridized carbons (Fsp3) is 0.500. The Morgan fingerprint density at radius 1 is 1.23 bits per heavy atom. The number of nitrogens with zero attached hydrogens (tertiary/aromatic N) is 1. The maximum absolute atomic E-state index is 12.4. The Morgan fingerprint density at radius 2 is 1.88 bits per heavy atom. The average molecular weight is 382 g/mol. The molecule has 0 aliphatic carbocycles. The van der Waals surface area contributed by atoms with Gasteiger partial charge in [-0.2, -0.15) is 0 Å². The van der Waals surface area contributed by atoms with E-state index in [0.717, 1.165) is 0 Å². The number of nitrogens with one attached hydrogen (secondary N) is 2. The molecular formula is C18H24ClN3O4. The SMILES string of the molecule is CC(C)(C)OC(=O)N1CCC[C@H]1C(=O)NCC(=O)Nc1ccc(Cl)cc1. The molecule has 1 saturated heterocycles. The lowest BCUT2D eigenvalue weighted by molar-refractivity contribution is -0.127. The summed E-state index contributed by atoms with van der Waals surface area (Å²) in [5.74, 6) is -0.720. The first-order valence-electron chi connectivity index (χ1n) is 8.48. The number of benzene rings is 1. The van der Waals surface area contributed by atoms with Gasteiger partial charge in [0.2, 0.25) is 11.8 Å². The van der Waals surface area contributed by atoms with Crippen LogP contribution in [0.2, 0.25) is 5.02 Å². The van der Waals surface area contributed by atoms with Gasteiger partial charge in [0, 0.05) is 17.3 Å². The molecule has 0 unspecified atom stereocenters. The predicted molar refractivity (Wildman–Crippen MR) is 99.1 cm³/mol. The zero-order valence-corrected chi connectivity index (χ0v) is 15.9. The molecule has 0 bridgehead atoms. The molecule has 0 radical (unpaired) electrons. The molecule has 0 spiro atoms. The zero-order valence-electron chi connectivity index (χ0n) is 15.2. The molecule has 1 aromatic carbocycles. The van der Waals surface area contributed by atoms with Crippen LogP contribution in [-0.4, -0.2) is 47.5 Å². The largest absolute Gasteiger partial charge is 0.444 e. The molecule has 1 aliphatic rings. The minimum atomic E-state index is -0.626. The first-order valence-corrected chi connectivity index (χ1v) is 8.86. The molecule has 142 valence electrons. The zero-order chi connectivity index (χ0) is 19.3. The van der Waals surface area contributed by atoms with Gasteiger partial charge >= 0.3 is 6.09 Å². The van der Waals surface area contributed by atoms with Crippen molar-refractivity contribution in [3.63, 3.8) is 0 Å². The first kappa shape index (κ1) is 20.0. The maximum Gasteiger partial charge on any atom is 0.410 e. The molecule has 1 heterocycles. The number of halogens is 1. The molecule has 1 atom stereocenters. The lowest BCUT2D eigenvalue weighted by Crippen LogP contribution is -2.48. The van der Waals surface area contributed by atoms with Gasteiger partial charge in [-0.25, -0.2) is 4.79 Å². The van der Waals surface area contributed by atoms with Crippen LogP contribution in [0.5, 0.6) is 0 Å². The predicted octanol–water partition coefficient (Wildman–Crippen LogP) is 2.79. The number of rotatable bonds is 4. The summed E-state index contributed by atoms with van der Waals surface area (Å²) < 4.78 is 5.33. The Balaban J connectivity index is 1.85. The van der Waals surface area contributed by atoms with Gasteiger partial charge in [-0.1, -0.05) is 11.6 Å². The third-order valence-corrected chi connectivity index (χ3v) is 3.99. The van der Waals surface area contributed by atoms with Crippen molar-refractivity contribution in [3.8, 4) is 0 Å². The number of carbonyl (C=O) groups excluding carboxylic acids is 3. The van der Waals surface area contributed by atoms with E-state index in [1.165, 1.54) is 4.90 Å². The topological polar surface area (TPSA) is 87.7 Å². The normalized spacial score (nSPS) is 16.9. The van der Waals surface area contributed by atoms with E-state index in [0.29, 0.717) is 30.1 Å². The molecule has 2 N–H and O–H groups in total. The Kier molecular flexibility index (Phi) is 6.47. The van der Waals surface area contributed by atoms with Crippen LogP contribution in [0.4, 0.5) is 10.5 Å². The summed E-state index contributed by atoms with van der Waals surface area (Å²) in [5.41, 5.74) is -0.0380. The Hall–Kier alpha value is -2.28. The lowest BCUT2D eigenvalue weighted by atomic mass is 10.2. The van der Waals surface area contributed by atoms with E-state index >= 15 is 0 Å². The van der Waals surface area contributed by atoms with Crippen LogP contribution >= 0.6 is 11.6 Å². The van der Waals surface area contributed by atoms with E-state index in [4.69, 9.17) is 16.3 Å². The van der Waals surface area contributed by atoms with Crippen LogP contribution in [0.15, 0.2) is 24.3 Å². The molecule has 1 aromatic rings. The van der Waals surface area contributed by atoms with Gasteiger partial charge < -0.3 is 15.4 Å². The van der Waals surface area contributed by atoms with E-state index < -0.39 is 17.7 Å². The summed E-state index contributed by atoms with van der Waals surface area (Å²) in [7, 11) is 0. The number of likely N-dealkylation sites (tertiary alicyclic amines) is 1. The Labute approximate surface area is 158 Å². The first-order chi connectivity index (χ1) is 12.2. The molecule has 26 heavy (non-hydrogen) atoms. The third-order valence-electron chi connectivity index (χ3n) is 3.73. The van der Waals surface area contributed by atoms with Crippen LogP contribution < -0.4 is 10.6 Å². The summed E-state index contributed by atoms with van der Waals surface area (Å²) in [6.07, 6.45) is 0.749. The van der Waals surface area contributed by atoms with E-state index in [-0.39, 0.29) is 18.4 Å². The molecule has 1 aliphatic heterocycles. The standard InChI is InChI=1S/C18H24ClN3O4/c1-18(2,3)26-17(25)22-10-4-5-14(22)16(24)20-11-15(23)21-13-8-6-12(19)7-9-13/h6-9,14H,4-5,10-11H2,1-3H3,(H,20,24)(H,21,23)/t14-/m0/s1. The van der Waals surface area contributed by atoms with E-state index in [9.17, 15) is 14.4 Å². The van der Waals surface area contributed by atoms with Crippen LogP contribution in [0.1, 0.15) is 33.6 Å². The fourth-order valence-electron chi connectivity index (χ4n) is 2.60. The van der Waals surface area contributed by atoms with Gasteiger partial charge in [0.15, 0.2) is 0 Å². The fourth-order valence-corrected chi connectivity index (χ4v) is 2.73. The molecule has 1 fully saturated rings. The van der Waals surface area contributed by atoms with E-state index in [1.807, 2.05) is 0 Å². The van der Waals surface area contributed by atoms with E-state index in [1.54, 1.807) is 45.0 Å². The number of ether oxygens (including phenoxy) is 1.